The fraction of sp³-hybridized carbons (Fsp3) is 0. The molecule has 0 atom stereocenters. The Kier molecular flexibility index (Phi) is 4.12. The van der Waals surface area contributed by atoms with E-state index in [4.69, 9.17) is 0 Å². The number of benzene rings is 1. The summed E-state index contributed by atoms with van der Waals surface area (Å²) >= 11 is 1.79. The van der Waals surface area contributed by atoms with Crippen molar-refractivity contribution in [2.45, 2.75) is 0 Å². The highest BCUT2D eigenvalue weighted by molar-refractivity contribution is 14.1. The van der Waals surface area contributed by atoms with Gasteiger partial charge in [0.1, 0.15) is 6.11 Å². The number of hydrogen-bond acceptors (Lipinski definition) is 2. The van der Waals surface area contributed by atoms with Crippen molar-refractivity contribution in [3.05, 3.63) is 30.3 Å². The van der Waals surface area contributed by atoms with E-state index in [0.29, 0.717) is 5.69 Å². The Hall–Kier alpha value is -1.22. The molecule has 0 bridgehead atoms. The number of rotatable bonds is 1. The molecule has 0 aliphatic carbocycles. The van der Waals surface area contributed by atoms with Gasteiger partial charge in [-0.2, -0.15) is 0 Å². The van der Waals surface area contributed by atoms with E-state index >= 15 is 0 Å². The molecular weight excluding hydrogens is 281 g/mol. The zero-order chi connectivity index (χ0) is 9.52. The molecule has 1 amide bonds. The largest absolute Gasteiger partial charge is 0.425 e. The van der Waals surface area contributed by atoms with Crippen LogP contribution in [0.1, 0.15) is 0 Å². The third-order valence-corrected chi connectivity index (χ3v) is 1.42. The van der Waals surface area contributed by atoms with E-state index in [1.165, 1.54) is 0 Å². The molecule has 0 saturated carbocycles. The minimum Gasteiger partial charge on any atom is -0.355 e. The summed E-state index contributed by atoms with van der Waals surface area (Å²) in [4.78, 5) is 10.9. The molecule has 1 rings (SSSR count). The average molecular weight is 287 g/mol. The predicted octanol–water partition coefficient (Wildman–Crippen LogP) is 2.59. The van der Waals surface area contributed by atoms with Gasteiger partial charge in [-0.3, -0.25) is 5.32 Å². The standard InChI is InChI=1S/C9H6INO2/c10-6-7-13-9(12)11-8-4-2-1-3-5-8/h1-5H,(H,11,12). The molecule has 3 nitrogen and oxygen atoms in total. The summed E-state index contributed by atoms with van der Waals surface area (Å²) in [5, 5.41) is 2.51. The van der Waals surface area contributed by atoms with Crippen LogP contribution in [0.4, 0.5) is 10.5 Å². The van der Waals surface area contributed by atoms with Gasteiger partial charge >= 0.3 is 6.09 Å². The van der Waals surface area contributed by atoms with Gasteiger partial charge in [0.25, 0.3) is 0 Å². The van der Waals surface area contributed by atoms with Gasteiger partial charge in [-0.1, -0.05) is 18.2 Å². The lowest BCUT2D eigenvalue weighted by molar-refractivity contribution is 0.207. The number of anilines is 1. The van der Waals surface area contributed by atoms with Gasteiger partial charge in [0.15, 0.2) is 0 Å². The van der Waals surface area contributed by atoms with E-state index in [9.17, 15) is 4.79 Å². The molecule has 0 saturated heterocycles. The lowest BCUT2D eigenvalue weighted by Gasteiger charge is -2.00. The van der Waals surface area contributed by atoms with Gasteiger partial charge in [-0.05, 0) is 12.1 Å². The summed E-state index contributed by atoms with van der Waals surface area (Å²) in [6, 6.07) is 9.03. The second kappa shape index (κ2) is 5.43. The fourth-order valence-electron chi connectivity index (χ4n) is 0.730. The van der Waals surface area contributed by atoms with Crippen LogP contribution in [-0.4, -0.2) is 6.09 Å². The lowest BCUT2D eigenvalue weighted by atomic mass is 10.3. The summed E-state index contributed by atoms with van der Waals surface area (Å²) in [5.41, 5.74) is 0.683. The summed E-state index contributed by atoms with van der Waals surface area (Å²) in [6.07, 6.45) is 1.62. The number of carbonyl (C=O) groups excluding carboxylic acids is 1. The third kappa shape index (κ3) is 3.80. The van der Waals surface area contributed by atoms with E-state index < -0.39 is 6.09 Å². The number of para-hydroxylation sites is 1. The molecule has 0 heterocycles. The molecule has 66 valence electrons. The van der Waals surface area contributed by atoms with Crippen molar-refractivity contribution < 1.29 is 9.53 Å². The van der Waals surface area contributed by atoms with Gasteiger partial charge in [0.05, 0.1) is 0 Å². The molecule has 0 fully saturated rings. The quantitative estimate of drug-likeness (QED) is 0.637. The summed E-state index contributed by atoms with van der Waals surface area (Å²) < 4.78 is 6.90. The maximum absolute atomic E-state index is 10.9. The highest BCUT2D eigenvalue weighted by Crippen LogP contribution is 2.04. The number of hydrogen-bond donors (Lipinski definition) is 1. The predicted molar refractivity (Wildman–Crippen MR) is 58.3 cm³/mol. The van der Waals surface area contributed by atoms with Crippen molar-refractivity contribution in [2.75, 3.05) is 5.32 Å². The smallest absolute Gasteiger partial charge is 0.355 e. The topological polar surface area (TPSA) is 38.3 Å². The van der Waals surface area contributed by atoms with Crippen molar-refractivity contribution in [2.24, 2.45) is 0 Å². The SMILES string of the molecule is O=C(Nc1ccccc1)OC#CI. The van der Waals surface area contributed by atoms with Crippen LogP contribution in [0.2, 0.25) is 0 Å². The van der Waals surface area contributed by atoms with Crippen LogP contribution in [0.3, 0.4) is 0 Å². The monoisotopic (exact) mass is 287 g/mol. The van der Waals surface area contributed by atoms with Gasteiger partial charge in [-0.15, -0.1) is 0 Å². The second-order valence-corrected chi connectivity index (χ2v) is 2.62. The first-order valence-corrected chi connectivity index (χ1v) is 4.54. The zero-order valence-corrected chi connectivity index (χ0v) is 8.74. The number of ether oxygens (including phenoxy) is 1. The highest BCUT2D eigenvalue weighted by Gasteiger charge is 1.99. The molecule has 0 aromatic heterocycles. The Morgan fingerprint density at radius 2 is 2.08 bits per heavy atom. The normalized spacial score (nSPS) is 8.08. The van der Waals surface area contributed by atoms with E-state index in [-0.39, 0.29) is 0 Å². The molecule has 0 radical (unpaired) electrons. The zero-order valence-electron chi connectivity index (χ0n) is 6.58. The molecule has 1 aromatic rings. The Balaban J connectivity index is 2.49. The molecule has 0 spiro atoms. The van der Waals surface area contributed by atoms with Crippen molar-refractivity contribution in [1.82, 2.24) is 0 Å². The Morgan fingerprint density at radius 1 is 1.38 bits per heavy atom. The van der Waals surface area contributed by atoms with Crippen molar-refractivity contribution >= 4 is 34.4 Å². The highest BCUT2D eigenvalue weighted by atomic mass is 127. The van der Waals surface area contributed by atoms with E-state index in [0.717, 1.165) is 0 Å². The van der Waals surface area contributed by atoms with Crippen LogP contribution in [0.25, 0.3) is 0 Å². The molecule has 0 aliphatic heterocycles. The number of amides is 1. The first-order chi connectivity index (χ1) is 6.33. The molecule has 4 heteroatoms. The molecule has 13 heavy (non-hydrogen) atoms. The van der Waals surface area contributed by atoms with Gasteiger partial charge in [0.2, 0.25) is 0 Å². The van der Waals surface area contributed by atoms with E-state index in [1.54, 1.807) is 34.7 Å². The second-order valence-electron chi connectivity index (χ2n) is 2.08. The van der Waals surface area contributed by atoms with Crippen molar-refractivity contribution in [3.63, 3.8) is 0 Å². The summed E-state index contributed by atoms with van der Waals surface area (Å²) in [6.45, 7) is 0. The lowest BCUT2D eigenvalue weighted by Crippen LogP contribution is -2.10. The van der Waals surface area contributed by atoms with Crippen LogP contribution >= 0.6 is 22.6 Å². The van der Waals surface area contributed by atoms with Crippen LogP contribution in [0, 0.1) is 10.0 Å². The number of nitrogens with one attached hydrogen (secondary N) is 1. The minimum absolute atomic E-state index is 0.574. The molecule has 0 unspecified atom stereocenters. The van der Waals surface area contributed by atoms with Gasteiger partial charge in [-0.25, -0.2) is 4.79 Å². The molecule has 1 aromatic carbocycles. The number of carbonyl (C=O) groups is 1. The Labute approximate surface area is 89.6 Å². The molecule has 0 aliphatic rings. The maximum atomic E-state index is 10.9. The third-order valence-electron chi connectivity index (χ3n) is 1.20. The fourth-order valence-corrected chi connectivity index (χ4v) is 0.841. The van der Waals surface area contributed by atoms with Crippen LogP contribution in [0.15, 0.2) is 30.3 Å². The molecule has 1 N–H and O–H groups in total. The Morgan fingerprint density at radius 3 is 2.69 bits per heavy atom. The summed E-state index contributed by atoms with van der Waals surface area (Å²) in [5.74, 6) is 0. The van der Waals surface area contributed by atoms with Crippen LogP contribution in [-0.2, 0) is 4.74 Å². The minimum atomic E-state index is -0.574. The summed E-state index contributed by atoms with van der Waals surface area (Å²) in [7, 11) is 0. The molecular formula is C9H6INO2. The van der Waals surface area contributed by atoms with Crippen LogP contribution < -0.4 is 5.32 Å². The van der Waals surface area contributed by atoms with Crippen LogP contribution in [0.5, 0.6) is 0 Å². The van der Waals surface area contributed by atoms with E-state index in [1.807, 2.05) is 18.2 Å². The first kappa shape index (κ1) is 9.86. The van der Waals surface area contributed by atoms with E-state index in [2.05, 4.69) is 20.1 Å². The number of halogens is 1. The van der Waals surface area contributed by atoms with Gasteiger partial charge < -0.3 is 4.74 Å². The van der Waals surface area contributed by atoms with Crippen molar-refractivity contribution in [3.8, 4) is 10.0 Å². The maximum Gasteiger partial charge on any atom is 0.425 e. The first-order valence-electron chi connectivity index (χ1n) is 3.46. The average Bonchev–Trinajstić information content (AvgIpc) is 2.16. The Bertz CT molecular complexity index is 340. The van der Waals surface area contributed by atoms with Gasteiger partial charge in [0, 0.05) is 32.2 Å². The van der Waals surface area contributed by atoms with Crippen molar-refractivity contribution in [1.29, 1.82) is 0 Å².